The number of furan rings is 1. The van der Waals surface area contributed by atoms with Crippen LogP contribution in [0.4, 0.5) is 22.0 Å². The molecular weight excluding hydrogens is 501 g/mol. The van der Waals surface area contributed by atoms with Crippen molar-refractivity contribution < 1.29 is 17.8 Å². The molecule has 12 nitrogen and oxygen atoms in total. The minimum Gasteiger partial charge on any atom is -0.493 e. The molecule has 14 heteroatoms. The Bertz CT molecular complexity index is 1370. The van der Waals surface area contributed by atoms with E-state index in [4.69, 9.17) is 14.9 Å². The number of nitrogens with zero attached hydrogens (tertiary/aromatic N) is 7. The van der Waals surface area contributed by atoms with E-state index >= 15 is 0 Å². The van der Waals surface area contributed by atoms with Gasteiger partial charge >= 0.3 is 0 Å². The van der Waals surface area contributed by atoms with Gasteiger partial charge in [0.25, 0.3) is 5.78 Å². The average molecular weight is 530 g/mol. The fourth-order valence-corrected chi connectivity index (χ4v) is 4.36. The predicted octanol–water partition coefficient (Wildman–Crippen LogP) is 1.49. The second kappa shape index (κ2) is 11.1. The van der Waals surface area contributed by atoms with Crippen molar-refractivity contribution in [3.8, 4) is 17.3 Å². The molecule has 1 aliphatic heterocycles. The molecule has 4 heterocycles. The van der Waals surface area contributed by atoms with E-state index in [0.717, 1.165) is 19.6 Å². The van der Waals surface area contributed by atoms with Gasteiger partial charge in [-0.25, -0.2) is 4.39 Å². The molecule has 1 fully saturated rings. The van der Waals surface area contributed by atoms with Crippen LogP contribution >= 0.6 is 0 Å². The Morgan fingerprint density at radius 2 is 2.03 bits per heavy atom. The molecule has 0 saturated carbocycles. The quantitative estimate of drug-likeness (QED) is 0.309. The summed E-state index contributed by atoms with van der Waals surface area (Å²) in [6.07, 6.45) is 3.16. The van der Waals surface area contributed by atoms with Crippen molar-refractivity contribution in [3.63, 3.8) is 0 Å². The van der Waals surface area contributed by atoms with E-state index < -0.39 is 10.8 Å². The number of ether oxygens (including phenoxy) is 1. The van der Waals surface area contributed by atoms with Gasteiger partial charge in [0.05, 0.1) is 24.3 Å². The molecule has 1 aromatic carbocycles. The summed E-state index contributed by atoms with van der Waals surface area (Å²) in [4.78, 5) is 17.3. The molecule has 0 spiro atoms. The number of halogens is 1. The molecule has 1 aliphatic rings. The highest BCUT2D eigenvalue weighted by Gasteiger charge is 2.20. The van der Waals surface area contributed by atoms with E-state index in [0.29, 0.717) is 66.7 Å². The maximum Gasteiger partial charge on any atom is 0.259 e. The number of nitrogen functional groups attached to an aromatic ring is 1. The monoisotopic (exact) mass is 529 g/mol. The summed E-state index contributed by atoms with van der Waals surface area (Å²) in [7, 11) is -0.939. The van der Waals surface area contributed by atoms with E-state index in [9.17, 15) is 8.60 Å². The highest BCUT2D eigenvalue weighted by Crippen LogP contribution is 2.25. The molecule has 0 bridgehead atoms. The summed E-state index contributed by atoms with van der Waals surface area (Å²) in [5.74, 6) is 2.32. The average Bonchev–Trinajstić information content (AvgIpc) is 3.55. The lowest BCUT2D eigenvalue weighted by molar-refractivity contribution is 0.266. The van der Waals surface area contributed by atoms with E-state index in [1.807, 2.05) is 4.90 Å². The van der Waals surface area contributed by atoms with Crippen LogP contribution in [0, 0.1) is 5.82 Å². The number of fused-ring (bicyclic) bond motifs is 1. The summed E-state index contributed by atoms with van der Waals surface area (Å²) >= 11 is 0. The van der Waals surface area contributed by atoms with E-state index in [1.54, 1.807) is 36.8 Å². The second-order valence-electron chi connectivity index (χ2n) is 8.52. The second-order valence-corrected chi connectivity index (χ2v) is 10.1. The largest absolute Gasteiger partial charge is 0.493 e. The van der Waals surface area contributed by atoms with Crippen LogP contribution in [0.1, 0.15) is 0 Å². The number of piperazine rings is 1. The lowest BCUT2D eigenvalue weighted by atomic mass is 10.2. The Balaban J connectivity index is 1.11. The third kappa shape index (κ3) is 5.97. The molecule has 1 saturated heterocycles. The van der Waals surface area contributed by atoms with Crippen molar-refractivity contribution in [1.29, 1.82) is 0 Å². The highest BCUT2D eigenvalue weighted by molar-refractivity contribution is 7.84. The Morgan fingerprint density at radius 1 is 1.19 bits per heavy atom. The molecular formula is C23H28FN9O3S. The molecule has 0 aliphatic carbocycles. The van der Waals surface area contributed by atoms with Gasteiger partial charge in [0.15, 0.2) is 5.76 Å². The molecule has 0 radical (unpaired) electrons. The Morgan fingerprint density at radius 3 is 2.76 bits per heavy atom. The van der Waals surface area contributed by atoms with Crippen molar-refractivity contribution in [1.82, 2.24) is 29.5 Å². The van der Waals surface area contributed by atoms with Crippen LogP contribution in [-0.2, 0) is 10.8 Å². The van der Waals surface area contributed by atoms with E-state index in [-0.39, 0.29) is 11.8 Å². The summed E-state index contributed by atoms with van der Waals surface area (Å²) in [5.41, 5.74) is 6.60. The number of aromatic nitrogens is 5. The van der Waals surface area contributed by atoms with Crippen LogP contribution in [0.15, 0.2) is 41.0 Å². The number of hydrogen-bond donors (Lipinski definition) is 2. The number of benzene rings is 1. The molecule has 5 rings (SSSR count). The summed E-state index contributed by atoms with van der Waals surface area (Å²) in [5, 5.41) is 7.48. The number of hydrogen-bond acceptors (Lipinski definition) is 11. The molecule has 37 heavy (non-hydrogen) atoms. The number of nitrogens with two attached hydrogens (primary N) is 1. The molecule has 3 aromatic heterocycles. The van der Waals surface area contributed by atoms with Crippen molar-refractivity contribution in [2.24, 2.45) is 0 Å². The number of nitrogens with one attached hydrogen (secondary N) is 1. The van der Waals surface area contributed by atoms with Crippen LogP contribution in [0.2, 0.25) is 0 Å². The molecule has 3 N–H and O–H groups in total. The zero-order valence-corrected chi connectivity index (χ0v) is 21.2. The maximum atomic E-state index is 14.7. The number of rotatable bonds is 10. The van der Waals surface area contributed by atoms with Crippen molar-refractivity contribution in [2.75, 3.05) is 73.8 Å². The third-order valence-electron chi connectivity index (χ3n) is 5.96. The lowest BCUT2D eigenvalue weighted by Crippen LogP contribution is -2.48. The van der Waals surface area contributed by atoms with Crippen LogP contribution < -0.4 is 20.7 Å². The molecule has 0 amide bonds. The SMILES string of the molecule is C[S@@](=O)CCOc1ccc(N2CCN(CCNc3nc(N)n4nc(-c5ccco5)nc4n3)CC2)c(F)c1. The van der Waals surface area contributed by atoms with Gasteiger partial charge in [-0.15, -0.1) is 5.10 Å². The van der Waals surface area contributed by atoms with Crippen LogP contribution in [0.3, 0.4) is 0 Å². The summed E-state index contributed by atoms with van der Waals surface area (Å²) in [6.45, 7) is 4.66. The van der Waals surface area contributed by atoms with Gasteiger partial charge in [-0.3, -0.25) is 9.11 Å². The normalized spacial score (nSPS) is 15.2. The fourth-order valence-electron chi connectivity index (χ4n) is 4.04. The van der Waals surface area contributed by atoms with Crippen molar-refractivity contribution >= 4 is 34.2 Å². The smallest absolute Gasteiger partial charge is 0.259 e. The minimum absolute atomic E-state index is 0.171. The van der Waals surface area contributed by atoms with Gasteiger partial charge in [-0.2, -0.15) is 19.5 Å². The molecule has 0 unspecified atom stereocenters. The first-order chi connectivity index (χ1) is 18.0. The highest BCUT2D eigenvalue weighted by atomic mass is 32.2. The minimum atomic E-state index is -0.939. The van der Waals surface area contributed by atoms with Crippen molar-refractivity contribution in [3.05, 3.63) is 42.4 Å². The molecule has 1 atom stereocenters. The topological polar surface area (TPSA) is 140 Å². The third-order valence-corrected chi connectivity index (χ3v) is 6.70. The molecule has 196 valence electrons. The number of anilines is 3. The predicted molar refractivity (Wildman–Crippen MR) is 139 cm³/mol. The van der Waals surface area contributed by atoms with E-state index in [1.165, 1.54) is 10.6 Å². The van der Waals surface area contributed by atoms with Crippen LogP contribution in [0.5, 0.6) is 5.75 Å². The first-order valence-corrected chi connectivity index (χ1v) is 13.6. The Kier molecular flexibility index (Phi) is 7.46. The van der Waals surface area contributed by atoms with E-state index in [2.05, 4.69) is 30.3 Å². The Hall–Kier alpha value is -3.78. The van der Waals surface area contributed by atoms with Gasteiger partial charge in [0, 0.05) is 62.4 Å². The summed E-state index contributed by atoms with van der Waals surface area (Å²) < 4.78 is 38.0. The van der Waals surface area contributed by atoms with Gasteiger partial charge in [-0.1, -0.05) is 0 Å². The van der Waals surface area contributed by atoms with Crippen LogP contribution in [-0.4, -0.2) is 91.6 Å². The first-order valence-electron chi connectivity index (χ1n) is 11.8. The van der Waals surface area contributed by atoms with Gasteiger partial charge < -0.3 is 25.1 Å². The van der Waals surface area contributed by atoms with Gasteiger partial charge in [0.1, 0.15) is 11.6 Å². The standard InChI is InChI=1S/C23H28FN9O3S/c1-37(34)14-13-35-16-4-5-18(17(24)15-16)32-10-8-31(9-11-32)7-6-26-22-28-21(25)33-23(29-22)27-20(30-33)19-3-2-12-36-19/h2-5,12,15H,6-11,13-14H2,1H3,(H3,25,26,27,28,29,30)/t37-/m1/s1. The van der Waals surface area contributed by atoms with Gasteiger partial charge in [-0.05, 0) is 24.3 Å². The zero-order valence-electron chi connectivity index (χ0n) is 20.3. The molecule has 4 aromatic rings. The Labute approximate surface area is 215 Å². The lowest BCUT2D eigenvalue weighted by Gasteiger charge is -2.36. The maximum absolute atomic E-state index is 14.7. The van der Waals surface area contributed by atoms with Gasteiger partial charge in [0.2, 0.25) is 17.7 Å². The van der Waals surface area contributed by atoms with Crippen LogP contribution in [0.25, 0.3) is 17.4 Å². The first kappa shape index (κ1) is 24.9. The van der Waals surface area contributed by atoms with Crippen molar-refractivity contribution in [2.45, 2.75) is 0 Å². The fraction of sp³-hybridized carbons (Fsp3) is 0.391. The zero-order chi connectivity index (χ0) is 25.8. The summed E-state index contributed by atoms with van der Waals surface area (Å²) in [6, 6.07) is 8.40.